The summed E-state index contributed by atoms with van der Waals surface area (Å²) in [6.45, 7) is 1.68. The maximum absolute atomic E-state index is 12.2. The number of rotatable bonds is 4. The van der Waals surface area contributed by atoms with Crippen LogP contribution in [0.3, 0.4) is 0 Å². The molecule has 1 aromatic carbocycles. The summed E-state index contributed by atoms with van der Waals surface area (Å²) in [6, 6.07) is 8.58. The molecule has 0 unspecified atom stereocenters. The van der Waals surface area contributed by atoms with Gasteiger partial charge in [0.1, 0.15) is 12.3 Å². The van der Waals surface area contributed by atoms with Crippen molar-refractivity contribution in [2.24, 2.45) is 0 Å². The number of H-pyrrole nitrogens is 1. The Morgan fingerprint density at radius 3 is 2.70 bits per heavy atom. The summed E-state index contributed by atoms with van der Waals surface area (Å²) in [5.74, 6) is 0.0279. The van der Waals surface area contributed by atoms with Crippen molar-refractivity contribution in [1.29, 1.82) is 0 Å². The summed E-state index contributed by atoms with van der Waals surface area (Å²) in [6.07, 6.45) is 3.45. The second-order valence-electron chi connectivity index (χ2n) is 5.45. The number of likely N-dealkylation sites (tertiary alicyclic amines) is 1. The molecule has 1 saturated heterocycles. The highest BCUT2D eigenvalue weighted by Gasteiger charge is 2.20. The van der Waals surface area contributed by atoms with E-state index >= 15 is 0 Å². The zero-order valence-corrected chi connectivity index (χ0v) is 13.3. The summed E-state index contributed by atoms with van der Waals surface area (Å²) in [7, 11) is 0. The topological polar surface area (TPSA) is 62.4 Å². The maximum atomic E-state index is 12.2. The number of benzene rings is 1. The van der Waals surface area contributed by atoms with E-state index in [-0.39, 0.29) is 23.7 Å². The molecule has 0 spiro atoms. The molecule has 1 aliphatic rings. The predicted molar refractivity (Wildman–Crippen MR) is 88.0 cm³/mol. The number of nitrogens with one attached hydrogen (secondary N) is 1. The lowest BCUT2D eigenvalue weighted by Crippen LogP contribution is -2.29. The van der Waals surface area contributed by atoms with Gasteiger partial charge in [0, 0.05) is 35.9 Å². The van der Waals surface area contributed by atoms with E-state index in [9.17, 15) is 9.59 Å². The predicted octanol–water partition coefficient (Wildman–Crippen LogP) is 2.84. The molecule has 1 aromatic heterocycles. The number of aromatic nitrogens is 1. The lowest BCUT2D eigenvalue weighted by Gasteiger charge is -2.15. The minimum absolute atomic E-state index is 0.141. The zero-order valence-electron chi connectivity index (χ0n) is 12.5. The molecule has 120 valence electrons. The molecule has 0 radical (unpaired) electrons. The SMILES string of the molecule is O=C(c1cc(=O)c(OCc2ccccc2Cl)c[nH]1)N1CCCC1. The average molecular weight is 333 g/mol. The molecule has 1 aliphatic heterocycles. The fraction of sp³-hybridized carbons (Fsp3) is 0.294. The Morgan fingerprint density at radius 1 is 1.26 bits per heavy atom. The van der Waals surface area contributed by atoms with Gasteiger partial charge in [0.2, 0.25) is 5.43 Å². The van der Waals surface area contributed by atoms with E-state index < -0.39 is 0 Å². The molecule has 2 heterocycles. The van der Waals surface area contributed by atoms with Crippen molar-refractivity contribution < 1.29 is 9.53 Å². The lowest BCUT2D eigenvalue weighted by molar-refractivity contribution is 0.0787. The number of nitrogens with zero attached hydrogens (tertiary/aromatic N) is 1. The van der Waals surface area contributed by atoms with Gasteiger partial charge in [-0.05, 0) is 18.9 Å². The highest BCUT2D eigenvalue weighted by atomic mass is 35.5. The Labute approximate surface area is 138 Å². The quantitative estimate of drug-likeness (QED) is 0.936. The number of hydrogen-bond acceptors (Lipinski definition) is 3. The minimum atomic E-state index is -0.321. The highest BCUT2D eigenvalue weighted by molar-refractivity contribution is 6.31. The highest BCUT2D eigenvalue weighted by Crippen LogP contribution is 2.17. The van der Waals surface area contributed by atoms with E-state index in [1.807, 2.05) is 18.2 Å². The molecule has 0 atom stereocenters. The third-order valence-corrected chi connectivity index (χ3v) is 4.21. The van der Waals surface area contributed by atoms with Crippen LogP contribution in [-0.4, -0.2) is 28.9 Å². The number of amides is 1. The van der Waals surface area contributed by atoms with E-state index in [0.29, 0.717) is 10.7 Å². The smallest absolute Gasteiger partial charge is 0.270 e. The third-order valence-electron chi connectivity index (χ3n) is 3.84. The van der Waals surface area contributed by atoms with Gasteiger partial charge in [0.15, 0.2) is 5.75 Å². The van der Waals surface area contributed by atoms with Gasteiger partial charge in [-0.25, -0.2) is 0 Å². The molecular formula is C17H17ClN2O3. The molecule has 0 bridgehead atoms. The Balaban J connectivity index is 1.71. The van der Waals surface area contributed by atoms with Gasteiger partial charge >= 0.3 is 0 Å². The zero-order chi connectivity index (χ0) is 16.2. The van der Waals surface area contributed by atoms with Crippen LogP contribution in [0, 0.1) is 0 Å². The van der Waals surface area contributed by atoms with Crippen LogP contribution in [-0.2, 0) is 6.61 Å². The Morgan fingerprint density at radius 2 is 2.00 bits per heavy atom. The fourth-order valence-corrected chi connectivity index (χ4v) is 2.75. The first-order chi connectivity index (χ1) is 11.1. The number of halogens is 1. The van der Waals surface area contributed by atoms with Gasteiger partial charge in [0.25, 0.3) is 5.91 Å². The fourth-order valence-electron chi connectivity index (χ4n) is 2.56. The number of carbonyl (C=O) groups is 1. The van der Waals surface area contributed by atoms with Crippen LogP contribution in [0.5, 0.6) is 5.75 Å². The minimum Gasteiger partial charge on any atom is -0.483 e. The first-order valence-electron chi connectivity index (χ1n) is 7.53. The standard InChI is InChI=1S/C17H17ClN2O3/c18-13-6-2-1-5-12(13)11-23-16-10-19-14(9-15(16)21)17(22)20-7-3-4-8-20/h1-2,5-6,9-10H,3-4,7-8,11H2,(H,19,21). The molecule has 0 saturated carbocycles. The number of ether oxygens (including phenoxy) is 1. The summed E-state index contributed by atoms with van der Waals surface area (Å²) in [5, 5.41) is 0.588. The van der Waals surface area contributed by atoms with Crippen molar-refractivity contribution in [3.8, 4) is 5.75 Å². The molecule has 3 rings (SSSR count). The van der Waals surface area contributed by atoms with Gasteiger partial charge in [-0.1, -0.05) is 29.8 Å². The van der Waals surface area contributed by atoms with Crippen molar-refractivity contribution in [2.45, 2.75) is 19.4 Å². The van der Waals surface area contributed by atoms with Crippen LogP contribution >= 0.6 is 11.6 Å². The number of pyridine rings is 1. The van der Waals surface area contributed by atoms with Crippen LogP contribution < -0.4 is 10.2 Å². The largest absolute Gasteiger partial charge is 0.483 e. The number of aromatic amines is 1. The molecule has 2 aromatic rings. The summed E-state index contributed by atoms with van der Waals surface area (Å²) in [5.41, 5.74) is 0.770. The molecule has 5 nitrogen and oxygen atoms in total. The van der Waals surface area contributed by atoms with Crippen molar-refractivity contribution in [3.05, 3.63) is 63.0 Å². The molecule has 0 aliphatic carbocycles. The summed E-state index contributed by atoms with van der Waals surface area (Å²) in [4.78, 5) is 29.0. The average Bonchev–Trinajstić information content (AvgIpc) is 3.09. The molecule has 23 heavy (non-hydrogen) atoms. The molecule has 1 amide bonds. The second kappa shape index (κ2) is 6.87. The second-order valence-corrected chi connectivity index (χ2v) is 5.86. The van der Waals surface area contributed by atoms with Crippen molar-refractivity contribution in [1.82, 2.24) is 9.88 Å². The number of carbonyl (C=O) groups excluding carboxylic acids is 1. The van der Waals surface area contributed by atoms with Crippen LogP contribution in [0.2, 0.25) is 5.02 Å². The van der Waals surface area contributed by atoms with Gasteiger partial charge in [-0.2, -0.15) is 0 Å². The van der Waals surface area contributed by atoms with E-state index in [1.54, 1.807) is 11.0 Å². The van der Waals surface area contributed by atoms with Crippen molar-refractivity contribution in [3.63, 3.8) is 0 Å². The van der Waals surface area contributed by atoms with Crippen molar-refractivity contribution in [2.75, 3.05) is 13.1 Å². The lowest BCUT2D eigenvalue weighted by atomic mass is 10.2. The van der Waals surface area contributed by atoms with Crippen LogP contribution in [0.25, 0.3) is 0 Å². The molecule has 1 N–H and O–H groups in total. The van der Waals surface area contributed by atoms with Gasteiger partial charge in [0.05, 0.1) is 0 Å². The van der Waals surface area contributed by atoms with Gasteiger partial charge in [-0.15, -0.1) is 0 Å². The van der Waals surface area contributed by atoms with E-state index in [4.69, 9.17) is 16.3 Å². The summed E-state index contributed by atoms with van der Waals surface area (Å²) >= 11 is 6.05. The van der Waals surface area contributed by atoms with E-state index in [1.165, 1.54) is 12.3 Å². The first-order valence-corrected chi connectivity index (χ1v) is 7.91. The molecule has 6 heteroatoms. The Hall–Kier alpha value is -2.27. The Kier molecular flexibility index (Phi) is 4.67. The molecular weight excluding hydrogens is 316 g/mol. The van der Waals surface area contributed by atoms with Crippen molar-refractivity contribution >= 4 is 17.5 Å². The Bertz CT molecular complexity index is 766. The summed E-state index contributed by atoms with van der Waals surface area (Å²) < 4.78 is 5.51. The number of hydrogen-bond donors (Lipinski definition) is 1. The van der Waals surface area contributed by atoms with Gasteiger partial charge < -0.3 is 14.6 Å². The van der Waals surface area contributed by atoms with Gasteiger partial charge in [-0.3, -0.25) is 9.59 Å². The first kappa shape index (κ1) is 15.6. The van der Waals surface area contributed by atoms with E-state index in [2.05, 4.69) is 4.98 Å². The van der Waals surface area contributed by atoms with Crippen LogP contribution in [0.1, 0.15) is 28.9 Å². The third kappa shape index (κ3) is 3.56. The van der Waals surface area contributed by atoms with Crippen LogP contribution in [0.15, 0.2) is 41.3 Å². The monoisotopic (exact) mass is 332 g/mol. The normalized spacial score (nSPS) is 14.0. The van der Waals surface area contributed by atoms with Crippen LogP contribution in [0.4, 0.5) is 0 Å². The molecule has 1 fully saturated rings. The maximum Gasteiger partial charge on any atom is 0.270 e. The van der Waals surface area contributed by atoms with E-state index in [0.717, 1.165) is 31.5 Å².